The molecule has 0 heterocycles. The average molecular weight is 231 g/mol. The molecule has 0 fully saturated rings. The Morgan fingerprint density at radius 3 is 2.47 bits per heavy atom. The highest BCUT2D eigenvalue weighted by atomic mass is 32.2. The summed E-state index contributed by atoms with van der Waals surface area (Å²) in [6.07, 6.45) is 1.18. The maximum absolute atomic E-state index is 11.7. The van der Waals surface area contributed by atoms with E-state index in [2.05, 4.69) is 33.0 Å². The highest BCUT2D eigenvalue weighted by Crippen LogP contribution is 2.12. The van der Waals surface area contributed by atoms with Crippen molar-refractivity contribution < 1.29 is 4.79 Å². The van der Waals surface area contributed by atoms with Crippen molar-refractivity contribution in [2.75, 3.05) is 18.1 Å². The fourth-order valence-corrected chi connectivity index (χ4v) is 1.97. The van der Waals surface area contributed by atoms with E-state index in [1.54, 1.807) is 0 Å². The number of carbonyl (C=O) groups is 1. The van der Waals surface area contributed by atoms with Gasteiger partial charge in [-0.05, 0) is 17.6 Å². The molecule has 0 aliphatic carbocycles. The first-order chi connectivity index (χ1) is 6.87. The van der Waals surface area contributed by atoms with E-state index in [4.69, 9.17) is 0 Å². The molecule has 0 saturated carbocycles. The van der Waals surface area contributed by atoms with E-state index >= 15 is 0 Å². The predicted octanol–water partition coefficient (Wildman–Crippen LogP) is 2.93. The van der Waals surface area contributed by atoms with Gasteiger partial charge >= 0.3 is 0 Å². The van der Waals surface area contributed by atoms with Gasteiger partial charge in [-0.15, -0.1) is 0 Å². The van der Waals surface area contributed by atoms with Crippen LogP contribution in [0.4, 0.5) is 0 Å². The molecule has 90 valence electrons. The van der Waals surface area contributed by atoms with Crippen molar-refractivity contribution in [3.63, 3.8) is 0 Å². The molecule has 0 bridgehead atoms. The molecular formula is C12H25NOS. The quantitative estimate of drug-likeness (QED) is 0.712. The molecule has 0 aromatic heterocycles. The molecule has 0 spiro atoms. The summed E-state index contributed by atoms with van der Waals surface area (Å²) in [6.45, 7) is 11.3. The molecule has 0 saturated heterocycles. The molecule has 15 heavy (non-hydrogen) atoms. The van der Waals surface area contributed by atoms with Crippen LogP contribution in [0.3, 0.4) is 0 Å². The molecule has 0 aliphatic rings. The Morgan fingerprint density at radius 1 is 1.40 bits per heavy atom. The zero-order valence-electron chi connectivity index (χ0n) is 10.7. The topological polar surface area (TPSA) is 29.1 Å². The second-order valence-corrected chi connectivity index (χ2v) is 6.40. The summed E-state index contributed by atoms with van der Waals surface area (Å²) in [7, 11) is 0. The summed E-state index contributed by atoms with van der Waals surface area (Å²) in [5.41, 5.74) is 0.173. The lowest BCUT2D eigenvalue weighted by molar-refractivity contribution is -0.124. The van der Waals surface area contributed by atoms with Crippen LogP contribution in [-0.4, -0.2) is 24.0 Å². The highest BCUT2D eigenvalue weighted by molar-refractivity contribution is 7.99. The van der Waals surface area contributed by atoms with Crippen LogP contribution in [0, 0.1) is 11.3 Å². The molecule has 0 radical (unpaired) electrons. The van der Waals surface area contributed by atoms with Crippen LogP contribution >= 0.6 is 11.8 Å². The van der Waals surface area contributed by atoms with Gasteiger partial charge in [0.25, 0.3) is 0 Å². The minimum atomic E-state index is 0.129. The van der Waals surface area contributed by atoms with Crippen molar-refractivity contribution in [3.8, 4) is 0 Å². The maximum atomic E-state index is 11.7. The third-order valence-electron chi connectivity index (χ3n) is 1.96. The van der Waals surface area contributed by atoms with Crippen LogP contribution in [0.5, 0.6) is 0 Å². The average Bonchev–Trinajstić information content (AvgIpc) is 2.13. The molecule has 0 aliphatic heterocycles. The van der Waals surface area contributed by atoms with E-state index in [9.17, 15) is 4.79 Å². The van der Waals surface area contributed by atoms with Crippen LogP contribution in [0.15, 0.2) is 0 Å². The lowest BCUT2D eigenvalue weighted by Gasteiger charge is -2.20. The largest absolute Gasteiger partial charge is 0.355 e. The Bertz CT molecular complexity index is 187. The molecule has 1 atom stereocenters. The molecular weight excluding hydrogens is 206 g/mol. The number of amides is 1. The predicted molar refractivity (Wildman–Crippen MR) is 69.2 cm³/mol. The summed E-state index contributed by atoms with van der Waals surface area (Å²) in [4.78, 5) is 11.7. The SMILES string of the molecule is CCCSCC(C)C(=O)NCC(C)(C)C. The first kappa shape index (κ1) is 14.8. The summed E-state index contributed by atoms with van der Waals surface area (Å²) >= 11 is 1.86. The normalized spacial score (nSPS) is 13.7. The standard InChI is InChI=1S/C12H25NOS/c1-6-7-15-8-10(2)11(14)13-9-12(3,4)5/h10H,6-9H2,1-5H3,(H,13,14). The second kappa shape index (κ2) is 7.15. The highest BCUT2D eigenvalue weighted by Gasteiger charge is 2.16. The fraction of sp³-hybridized carbons (Fsp3) is 0.917. The summed E-state index contributed by atoms with van der Waals surface area (Å²) < 4.78 is 0. The minimum absolute atomic E-state index is 0.129. The molecule has 0 aromatic rings. The molecule has 1 amide bonds. The Labute approximate surface area is 98.6 Å². The van der Waals surface area contributed by atoms with Gasteiger partial charge in [0.05, 0.1) is 0 Å². The van der Waals surface area contributed by atoms with Crippen molar-refractivity contribution in [3.05, 3.63) is 0 Å². The number of nitrogens with one attached hydrogen (secondary N) is 1. The van der Waals surface area contributed by atoms with Gasteiger partial charge in [0.1, 0.15) is 0 Å². The van der Waals surface area contributed by atoms with Gasteiger partial charge in [-0.1, -0.05) is 34.6 Å². The molecule has 1 unspecified atom stereocenters. The van der Waals surface area contributed by atoms with Gasteiger partial charge in [0, 0.05) is 18.2 Å². The lowest BCUT2D eigenvalue weighted by Crippen LogP contribution is -2.36. The Balaban J connectivity index is 3.70. The molecule has 0 rings (SSSR count). The van der Waals surface area contributed by atoms with E-state index in [1.807, 2.05) is 18.7 Å². The monoisotopic (exact) mass is 231 g/mol. The summed E-state index contributed by atoms with van der Waals surface area (Å²) in [6, 6.07) is 0. The number of rotatable bonds is 6. The zero-order valence-corrected chi connectivity index (χ0v) is 11.5. The minimum Gasteiger partial charge on any atom is -0.355 e. The first-order valence-corrected chi connectivity index (χ1v) is 6.87. The van der Waals surface area contributed by atoms with Crippen molar-refractivity contribution in [2.45, 2.75) is 41.0 Å². The number of hydrogen-bond donors (Lipinski definition) is 1. The van der Waals surface area contributed by atoms with E-state index in [1.165, 1.54) is 6.42 Å². The van der Waals surface area contributed by atoms with Gasteiger partial charge in [-0.3, -0.25) is 4.79 Å². The van der Waals surface area contributed by atoms with Gasteiger partial charge in [-0.2, -0.15) is 11.8 Å². The van der Waals surface area contributed by atoms with Gasteiger partial charge in [-0.25, -0.2) is 0 Å². The van der Waals surface area contributed by atoms with Crippen molar-refractivity contribution >= 4 is 17.7 Å². The molecule has 1 N–H and O–H groups in total. The molecule has 3 heteroatoms. The first-order valence-electron chi connectivity index (χ1n) is 5.72. The Morgan fingerprint density at radius 2 is 2.00 bits per heavy atom. The van der Waals surface area contributed by atoms with Gasteiger partial charge < -0.3 is 5.32 Å². The van der Waals surface area contributed by atoms with Crippen molar-refractivity contribution in [1.82, 2.24) is 5.32 Å². The van der Waals surface area contributed by atoms with Crippen LogP contribution in [0.1, 0.15) is 41.0 Å². The Kier molecular flexibility index (Phi) is 7.07. The third kappa shape index (κ3) is 8.79. The van der Waals surface area contributed by atoms with E-state index < -0.39 is 0 Å². The van der Waals surface area contributed by atoms with Crippen LogP contribution < -0.4 is 5.32 Å². The number of thioether (sulfide) groups is 1. The summed E-state index contributed by atoms with van der Waals surface area (Å²) in [5, 5.41) is 3.00. The molecule has 0 aromatic carbocycles. The van der Waals surface area contributed by atoms with Crippen molar-refractivity contribution in [2.24, 2.45) is 11.3 Å². The number of carbonyl (C=O) groups excluding carboxylic acids is 1. The van der Waals surface area contributed by atoms with E-state index in [-0.39, 0.29) is 17.2 Å². The van der Waals surface area contributed by atoms with Gasteiger partial charge in [0.15, 0.2) is 0 Å². The third-order valence-corrected chi connectivity index (χ3v) is 3.39. The smallest absolute Gasteiger partial charge is 0.223 e. The zero-order chi connectivity index (χ0) is 11.9. The van der Waals surface area contributed by atoms with E-state index in [0.29, 0.717) is 0 Å². The van der Waals surface area contributed by atoms with Crippen LogP contribution in [-0.2, 0) is 4.79 Å². The maximum Gasteiger partial charge on any atom is 0.223 e. The number of hydrogen-bond acceptors (Lipinski definition) is 2. The second-order valence-electron chi connectivity index (χ2n) is 5.25. The summed E-state index contributed by atoms with van der Waals surface area (Å²) in [5.74, 6) is 2.40. The van der Waals surface area contributed by atoms with Crippen LogP contribution in [0.2, 0.25) is 0 Å². The van der Waals surface area contributed by atoms with Crippen molar-refractivity contribution in [1.29, 1.82) is 0 Å². The Hall–Kier alpha value is -0.180. The fourth-order valence-electron chi connectivity index (χ4n) is 1.01. The van der Waals surface area contributed by atoms with Gasteiger partial charge in [0.2, 0.25) is 5.91 Å². The lowest BCUT2D eigenvalue weighted by atomic mass is 9.97. The van der Waals surface area contributed by atoms with E-state index in [0.717, 1.165) is 18.1 Å². The van der Waals surface area contributed by atoms with Crippen LogP contribution in [0.25, 0.3) is 0 Å². The molecule has 2 nitrogen and oxygen atoms in total.